The average Bonchev–Trinajstić information content (AvgIpc) is 3.50. The minimum Gasteiger partial charge on any atom is -0.480 e. The smallest absolute Gasteiger partial charge is 0.311 e. The van der Waals surface area contributed by atoms with Crippen LogP contribution in [-0.2, 0) is 19.1 Å². The summed E-state index contributed by atoms with van der Waals surface area (Å²) in [6, 6.07) is 0.503. The molecular weight excluding hydrogens is 512 g/mol. The number of nitrogens with zero attached hydrogens (tertiary/aromatic N) is 2. The quantitative estimate of drug-likeness (QED) is 0.360. The summed E-state index contributed by atoms with van der Waals surface area (Å²) in [4.78, 5) is 35.5. The van der Waals surface area contributed by atoms with Gasteiger partial charge in [-0.05, 0) is 108 Å². The Morgan fingerprint density at radius 1 is 1.05 bits per heavy atom. The van der Waals surface area contributed by atoms with Crippen LogP contribution in [0.4, 0.5) is 0 Å². The fourth-order valence-corrected chi connectivity index (χ4v) is 11.7. The summed E-state index contributed by atoms with van der Waals surface area (Å²) >= 11 is 0. The molecule has 6 rings (SSSR count). The zero-order chi connectivity index (χ0) is 30.1. The maximum atomic E-state index is 14.8. The van der Waals surface area contributed by atoms with Crippen LogP contribution in [0.2, 0.25) is 0 Å². The molecule has 6 aliphatic rings. The number of carbonyl (C=O) groups is 2. The number of esters is 1. The molecule has 0 aromatic carbocycles. The molecule has 0 amide bonds. The number of carbonyl (C=O) groups excluding carboxylic acids is 2. The van der Waals surface area contributed by atoms with E-state index in [1.807, 2.05) is 20.8 Å². The summed E-state index contributed by atoms with van der Waals surface area (Å²) in [5, 5.41) is 0. The summed E-state index contributed by atoms with van der Waals surface area (Å²) in [6.07, 6.45) is 6.74. The highest BCUT2D eigenvalue weighted by atomic mass is 16.5. The first-order valence-corrected chi connectivity index (χ1v) is 16.5. The number of ether oxygens (including phenoxy) is 2. The van der Waals surface area contributed by atoms with Crippen LogP contribution in [0, 0.1) is 56.2 Å². The molecular formula is C35H56N2O4. The second kappa shape index (κ2) is 8.82. The van der Waals surface area contributed by atoms with E-state index >= 15 is 0 Å². The lowest BCUT2D eigenvalue weighted by atomic mass is 9.41. The minimum absolute atomic E-state index is 0.00450. The molecule has 2 spiro atoms. The van der Waals surface area contributed by atoms with E-state index in [2.05, 4.69) is 60.5 Å². The van der Waals surface area contributed by atoms with Crippen LogP contribution in [0.25, 0.3) is 0 Å². The second-order valence-corrected chi connectivity index (χ2v) is 17.5. The van der Waals surface area contributed by atoms with Crippen LogP contribution in [0.15, 0.2) is 4.99 Å². The van der Waals surface area contributed by atoms with Crippen molar-refractivity contribution in [3.05, 3.63) is 0 Å². The number of hydrogen-bond donors (Lipinski definition) is 0. The van der Waals surface area contributed by atoms with Gasteiger partial charge in [0.25, 0.3) is 0 Å². The van der Waals surface area contributed by atoms with Crippen molar-refractivity contribution in [2.45, 2.75) is 125 Å². The highest BCUT2D eigenvalue weighted by Crippen LogP contribution is 2.88. The third-order valence-corrected chi connectivity index (χ3v) is 14.2. The SMILES string of the molecule is CC(C)C1=N[C@H]2CCC34CC35C(=O)C[C@]3(C)[C@@H]([C@H](C)N(C)C)[C@H](OC(=O)C(C)(C)C)C[C@@]3(C)[C@@H]5CC[C@H]4[C@]2(C)CO1. The largest absolute Gasteiger partial charge is 0.480 e. The third-order valence-electron chi connectivity index (χ3n) is 14.2. The van der Waals surface area contributed by atoms with Gasteiger partial charge in [-0.25, -0.2) is 0 Å². The number of fused-ring (bicyclic) bond motifs is 4. The Kier molecular flexibility index (Phi) is 6.37. The van der Waals surface area contributed by atoms with E-state index in [0.717, 1.165) is 51.0 Å². The van der Waals surface area contributed by atoms with E-state index in [1.54, 1.807) is 0 Å². The standard InChI is InChI=1S/C35H56N2O4/c1-20(2)28-36-25-14-15-34-18-35(34)24(13-12-23(34)31(25,7)19-40-28)32(8)16-22(41-29(39)30(4,5)6)27(21(3)37(10)11)33(32,9)17-26(35)38/h20-25,27H,12-19H2,1-11H3/t21-,22+,23-,24-,25-,27-,31-,32-,33+,34?,35?/m0/s1. The Morgan fingerprint density at radius 3 is 2.32 bits per heavy atom. The molecule has 0 saturated heterocycles. The van der Waals surface area contributed by atoms with Gasteiger partial charge in [0.1, 0.15) is 11.9 Å². The van der Waals surface area contributed by atoms with Crippen LogP contribution in [0.1, 0.15) is 107 Å². The second-order valence-electron chi connectivity index (χ2n) is 17.5. The summed E-state index contributed by atoms with van der Waals surface area (Å²) in [5.74, 6) is 2.56. The van der Waals surface area contributed by atoms with Crippen molar-refractivity contribution in [3.63, 3.8) is 0 Å². The van der Waals surface area contributed by atoms with Crippen molar-refractivity contribution in [1.82, 2.24) is 4.90 Å². The minimum atomic E-state index is -0.550. The summed E-state index contributed by atoms with van der Waals surface area (Å²) < 4.78 is 12.8. The van der Waals surface area contributed by atoms with Gasteiger partial charge in [-0.3, -0.25) is 14.6 Å². The molecule has 5 saturated carbocycles. The third kappa shape index (κ3) is 3.61. The van der Waals surface area contributed by atoms with Crippen molar-refractivity contribution < 1.29 is 19.1 Å². The van der Waals surface area contributed by atoms with Gasteiger partial charge >= 0.3 is 5.97 Å². The molecule has 0 aromatic heterocycles. The Hall–Kier alpha value is -1.43. The molecule has 0 aromatic rings. The maximum absolute atomic E-state index is 14.8. The average molecular weight is 569 g/mol. The van der Waals surface area contributed by atoms with Crippen molar-refractivity contribution in [2.75, 3.05) is 20.7 Å². The monoisotopic (exact) mass is 568 g/mol. The Labute approximate surface area is 248 Å². The van der Waals surface area contributed by atoms with Gasteiger partial charge in [0.05, 0.1) is 18.1 Å². The molecule has 0 N–H and O–H groups in total. The van der Waals surface area contributed by atoms with Gasteiger partial charge in [-0.1, -0.05) is 34.6 Å². The van der Waals surface area contributed by atoms with Gasteiger partial charge < -0.3 is 14.4 Å². The lowest BCUT2D eigenvalue weighted by molar-refractivity contribution is -0.173. The number of hydrogen-bond acceptors (Lipinski definition) is 6. The summed E-state index contributed by atoms with van der Waals surface area (Å²) in [6.45, 7) is 20.4. The van der Waals surface area contributed by atoms with E-state index in [1.165, 1.54) is 0 Å². The molecule has 6 nitrogen and oxygen atoms in total. The van der Waals surface area contributed by atoms with Gasteiger partial charge in [0, 0.05) is 35.1 Å². The van der Waals surface area contributed by atoms with Crippen LogP contribution < -0.4 is 0 Å². The Morgan fingerprint density at radius 2 is 1.71 bits per heavy atom. The number of ketones is 1. The lowest BCUT2D eigenvalue weighted by Gasteiger charge is -2.63. The van der Waals surface area contributed by atoms with Crippen LogP contribution in [-0.4, -0.2) is 61.4 Å². The fourth-order valence-electron chi connectivity index (χ4n) is 11.7. The first-order chi connectivity index (χ1) is 18.9. The molecule has 41 heavy (non-hydrogen) atoms. The van der Waals surface area contributed by atoms with Gasteiger partial charge in [-0.2, -0.15) is 0 Å². The molecule has 0 bridgehead atoms. The Balaban J connectivity index is 1.38. The number of aliphatic imine (C=N–C) groups is 1. The molecule has 5 fully saturated rings. The van der Waals surface area contributed by atoms with Gasteiger partial charge in [0.15, 0.2) is 5.90 Å². The van der Waals surface area contributed by atoms with E-state index in [0.29, 0.717) is 36.0 Å². The van der Waals surface area contributed by atoms with E-state index in [9.17, 15) is 9.59 Å². The molecule has 0 radical (unpaired) electrons. The molecule has 6 heteroatoms. The molecule has 1 aliphatic heterocycles. The molecule has 11 atom stereocenters. The highest BCUT2D eigenvalue weighted by Gasteiger charge is 2.86. The molecule has 1 heterocycles. The maximum Gasteiger partial charge on any atom is 0.311 e. The first-order valence-electron chi connectivity index (χ1n) is 16.5. The molecule has 2 unspecified atom stereocenters. The highest BCUT2D eigenvalue weighted by molar-refractivity contribution is 5.92. The predicted molar refractivity (Wildman–Crippen MR) is 161 cm³/mol. The van der Waals surface area contributed by atoms with Crippen LogP contribution in [0.3, 0.4) is 0 Å². The van der Waals surface area contributed by atoms with E-state index in [-0.39, 0.29) is 51.1 Å². The number of Topliss-reactive ketones (excluding diaryl/α,β-unsaturated/α-hetero) is 1. The molecule has 5 aliphatic carbocycles. The van der Waals surface area contributed by atoms with Crippen molar-refractivity contribution in [1.29, 1.82) is 0 Å². The van der Waals surface area contributed by atoms with Crippen LogP contribution >= 0.6 is 0 Å². The van der Waals surface area contributed by atoms with Gasteiger partial charge in [0.2, 0.25) is 0 Å². The van der Waals surface area contributed by atoms with E-state index in [4.69, 9.17) is 14.5 Å². The van der Waals surface area contributed by atoms with E-state index < -0.39 is 5.41 Å². The van der Waals surface area contributed by atoms with Crippen LogP contribution in [0.5, 0.6) is 0 Å². The first kappa shape index (κ1) is 29.6. The normalized spacial score (nSPS) is 49.1. The topological polar surface area (TPSA) is 68.2 Å². The Bertz CT molecular complexity index is 1170. The molecule has 230 valence electrons. The fraction of sp³-hybridized carbons (Fsp3) is 0.914. The van der Waals surface area contributed by atoms with Crippen molar-refractivity contribution >= 4 is 17.7 Å². The summed E-state index contributed by atoms with van der Waals surface area (Å²) in [5.41, 5.74) is -0.971. The van der Waals surface area contributed by atoms with Crippen molar-refractivity contribution in [2.24, 2.45) is 61.2 Å². The summed E-state index contributed by atoms with van der Waals surface area (Å²) in [7, 11) is 4.25. The zero-order valence-electron chi connectivity index (χ0n) is 27.7. The predicted octanol–water partition coefficient (Wildman–Crippen LogP) is 6.56. The van der Waals surface area contributed by atoms with Gasteiger partial charge in [-0.15, -0.1) is 0 Å². The van der Waals surface area contributed by atoms with Crippen molar-refractivity contribution in [3.8, 4) is 0 Å². The number of rotatable bonds is 4. The zero-order valence-corrected chi connectivity index (χ0v) is 27.7. The lowest BCUT2D eigenvalue weighted by Crippen LogP contribution is -2.62.